The van der Waals surface area contributed by atoms with Crippen molar-refractivity contribution in [2.24, 2.45) is 0 Å². The SMILES string of the molecule is Nc1ccc(-c2ccc(OCc3c(F)ccc(F)c3Cl)cn2)cn1. The Morgan fingerprint density at radius 3 is 2.42 bits per heavy atom. The molecule has 0 radical (unpaired) electrons. The number of hydrogen-bond donors (Lipinski definition) is 1. The first-order valence-corrected chi connectivity index (χ1v) is 7.35. The average Bonchev–Trinajstić information content (AvgIpc) is 2.60. The number of rotatable bonds is 4. The third-order valence-corrected chi connectivity index (χ3v) is 3.75. The zero-order chi connectivity index (χ0) is 17.1. The highest BCUT2D eigenvalue weighted by Gasteiger charge is 2.12. The quantitative estimate of drug-likeness (QED) is 0.717. The number of anilines is 1. The van der Waals surface area contributed by atoms with E-state index in [2.05, 4.69) is 9.97 Å². The van der Waals surface area contributed by atoms with Crippen LogP contribution in [0, 0.1) is 11.6 Å². The Bertz CT molecular complexity index is 855. The lowest BCUT2D eigenvalue weighted by atomic mass is 10.2. The molecule has 0 spiro atoms. The Kier molecular flexibility index (Phi) is 4.57. The second kappa shape index (κ2) is 6.80. The molecule has 2 N–H and O–H groups in total. The maximum Gasteiger partial charge on any atom is 0.142 e. The van der Waals surface area contributed by atoms with Crippen LogP contribution in [0.2, 0.25) is 5.02 Å². The van der Waals surface area contributed by atoms with Gasteiger partial charge < -0.3 is 10.5 Å². The lowest BCUT2D eigenvalue weighted by molar-refractivity contribution is 0.298. The molecule has 3 rings (SSSR count). The van der Waals surface area contributed by atoms with Crippen molar-refractivity contribution in [1.82, 2.24) is 9.97 Å². The van der Waals surface area contributed by atoms with Gasteiger partial charge in [-0.05, 0) is 36.4 Å². The van der Waals surface area contributed by atoms with Crippen LogP contribution in [0.3, 0.4) is 0 Å². The largest absolute Gasteiger partial charge is 0.487 e. The first-order valence-electron chi connectivity index (χ1n) is 6.97. The van der Waals surface area contributed by atoms with Gasteiger partial charge in [-0.25, -0.2) is 13.8 Å². The number of pyridine rings is 2. The summed E-state index contributed by atoms with van der Waals surface area (Å²) in [6, 6.07) is 8.85. The molecule has 24 heavy (non-hydrogen) atoms. The molecule has 0 unspecified atom stereocenters. The number of nitrogens with zero attached hydrogens (tertiary/aromatic N) is 2. The lowest BCUT2D eigenvalue weighted by Crippen LogP contribution is -2.01. The molecule has 2 heterocycles. The average molecular weight is 348 g/mol. The summed E-state index contributed by atoms with van der Waals surface area (Å²) in [5.74, 6) is -0.491. The van der Waals surface area contributed by atoms with Gasteiger partial charge in [-0.2, -0.15) is 0 Å². The molecule has 0 aliphatic carbocycles. The van der Waals surface area contributed by atoms with Crippen molar-refractivity contribution in [2.45, 2.75) is 6.61 Å². The minimum atomic E-state index is -0.694. The molecule has 0 fully saturated rings. The summed E-state index contributed by atoms with van der Waals surface area (Å²) >= 11 is 5.75. The highest BCUT2D eigenvalue weighted by Crippen LogP contribution is 2.25. The van der Waals surface area contributed by atoms with Crippen molar-refractivity contribution in [2.75, 3.05) is 5.73 Å². The van der Waals surface area contributed by atoms with E-state index in [9.17, 15) is 8.78 Å². The molecule has 2 aromatic heterocycles. The van der Waals surface area contributed by atoms with Crippen LogP contribution >= 0.6 is 11.6 Å². The number of benzene rings is 1. The number of nitrogen functional groups attached to an aromatic ring is 1. The third kappa shape index (κ3) is 3.44. The van der Waals surface area contributed by atoms with Crippen LogP contribution in [0.5, 0.6) is 5.75 Å². The van der Waals surface area contributed by atoms with Crippen molar-refractivity contribution in [3.8, 4) is 17.0 Å². The van der Waals surface area contributed by atoms with Crippen LogP contribution < -0.4 is 10.5 Å². The number of nitrogens with two attached hydrogens (primary N) is 1. The highest BCUT2D eigenvalue weighted by atomic mass is 35.5. The minimum absolute atomic E-state index is 0.0384. The first kappa shape index (κ1) is 16.1. The number of hydrogen-bond acceptors (Lipinski definition) is 4. The van der Waals surface area contributed by atoms with Crippen molar-refractivity contribution in [3.63, 3.8) is 0 Å². The molecule has 0 amide bonds. The maximum absolute atomic E-state index is 13.7. The fourth-order valence-electron chi connectivity index (χ4n) is 2.05. The number of aromatic nitrogens is 2. The summed E-state index contributed by atoms with van der Waals surface area (Å²) in [5, 5.41) is -0.285. The normalized spacial score (nSPS) is 10.6. The van der Waals surface area contributed by atoms with Gasteiger partial charge in [0.25, 0.3) is 0 Å². The monoisotopic (exact) mass is 347 g/mol. The van der Waals surface area contributed by atoms with Gasteiger partial charge in [-0.3, -0.25) is 4.98 Å². The van der Waals surface area contributed by atoms with Crippen LogP contribution in [0.1, 0.15) is 5.56 Å². The lowest BCUT2D eigenvalue weighted by Gasteiger charge is -2.09. The van der Waals surface area contributed by atoms with E-state index in [0.717, 1.165) is 17.7 Å². The highest BCUT2D eigenvalue weighted by molar-refractivity contribution is 6.31. The van der Waals surface area contributed by atoms with Gasteiger partial charge in [0.15, 0.2) is 0 Å². The first-order chi connectivity index (χ1) is 11.5. The molecule has 7 heteroatoms. The van der Waals surface area contributed by atoms with Crippen LogP contribution in [0.25, 0.3) is 11.3 Å². The second-order valence-electron chi connectivity index (χ2n) is 4.96. The molecule has 0 saturated heterocycles. The summed E-state index contributed by atoms with van der Waals surface area (Å²) in [7, 11) is 0. The van der Waals surface area contributed by atoms with Gasteiger partial charge in [0, 0.05) is 17.3 Å². The van der Waals surface area contributed by atoms with Crippen LogP contribution in [-0.2, 0) is 6.61 Å². The Hall–Kier alpha value is -2.73. The summed E-state index contributed by atoms with van der Waals surface area (Å²) in [5.41, 5.74) is 6.99. The van der Waals surface area contributed by atoms with E-state index in [1.807, 2.05) is 0 Å². The molecule has 122 valence electrons. The van der Waals surface area contributed by atoms with Crippen molar-refractivity contribution in [1.29, 1.82) is 0 Å². The van der Waals surface area contributed by atoms with E-state index >= 15 is 0 Å². The predicted octanol–water partition coefficient (Wildman–Crippen LogP) is 4.24. The van der Waals surface area contributed by atoms with Gasteiger partial charge in [-0.1, -0.05) is 11.6 Å². The minimum Gasteiger partial charge on any atom is -0.487 e. The van der Waals surface area contributed by atoms with E-state index in [0.29, 0.717) is 17.3 Å². The standard InChI is InChI=1S/C17H12ClF2N3O/c18-17-12(13(19)3-4-14(17)20)9-24-11-2-5-15(22-8-11)10-1-6-16(21)23-7-10/h1-8H,9H2,(H2,21,23). The summed E-state index contributed by atoms with van der Waals surface area (Å²) < 4.78 is 32.5. The number of ether oxygens (including phenoxy) is 1. The number of halogens is 3. The molecular formula is C17H12ClF2N3O. The fraction of sp³-hybridized carbons (Fsp3) is 0.0588. The van der Waals surface area contributed by atoms with E-state index in [4.69, 9.17) is 22.1 Å². The second-order valence-corrected chi connectivity index (χ2v) is 5.34. The Labute approximate surface area is 141 Å². The van der Waals surface area contributed by atoms with Crippen molar-refractivity contribution >= 4 is 17.4 Å². The zero-order valence-electron chi connectivity index (χ0n) is 12.3. The molecule has 0 saturated carbocycles. The van der Waals surface area contributed by atoms with Gasteiger partial charge in [0.1, 0.15) is 29.8 Å². The van der Waals surface area contributed by atoms with Gasteiger partial charge >= 0.3 is 0 Å². The topological polar surface area (TPSA) is 61.0 Å². The van der Waals surface area contributed by atoms with Crippen LogP contribution in [0.4, 0.5) is 14.6 Å². The van der Waals surface area contributed by atoms with Gasteiger partial charge in [0.05, 0.1) is 16.9 Å². The molecule has 0 aliphatic heterocycles. The Morgan fingerprint density at radius 1 is 0.958 bits per heavy atom. The van der Waals surface area contributed by atoms with Gasteiger partial charge in [0.2, 0.25) is 0 Å². The molecule has 1 aromatic carbocycles. The molecular weight excluding hydrogens is 336 g/mol. The smallest absolute Gasteiger partial charge is 0.142 e. The third-order valence-electron chi connectivity index (χ3n) is 3.34. The van der Waals surface area contributed by atoms with Crippen LogP contribution in [0.15, 0.2) is 48.8 Å². The predicted molar refractivity (Wildman–Crippen MR) is 87.6 cm³/mol. The summed E-state index contributed by atoms with van der Waals surface area (Å²) in [6.45, 7) is -0.202. The van der Waals surface area contributed by atoms with Crippen LogP contribution in [-0.4, -0.2) is 9.97 Å². The van der Waals surface area contributed by atoms with E-state index in [1.165, 1.54) is 6.20 Å². The Balaban J connectivity index is 1.73. The molecule has 4 nitrogen and oxygen atoms in total. The Morgan fingerprint density at radius 2 is 1.75 bits per heavy atom. The van der Waals surface area contributed by atoms with Crippen molar-refractivity contribution in [3.05, 3.63) is 71.0 Å². The molecule has 0 atom stereocenters. The maximum atomic E-state index is 13.7. The molecule has 0 aliphatic rings. The van der Waals surface area contributed by atoms with Crippen molar-refractivity contribution < 1.29 is 13.5 Å². The van der Waals surface area contributed by atoms with Gasteiger partial charge in [-0.15, -0.1) is 0 Å². The van der Waals surface area contributed by atoms with E-state index in [1.54, 1.807) is 30.5 Å². The summed E-state index contributed by atoms with van der Waals surface area (Å²) in [6.07, 6.45) is 3.09. The fourth-order valence-corrected chi connectivity index (χ4v) is 2.26. The molecule has 0 bridgehead atoms. The van der Waals surface area contributed by atoms with E-state index < -0.39 is 11.6 Å². The summed E-state index contributed by atoms with van der Waals surface area (Å²) in [4.78, 5) is 8.24. The zero-order valence-corrected chi connectivity index (χ0v) is 13.1. The molecule has 3 aromatic rings. The van der Waals surface area contributed by atoms with E-state index in [-0.39, 0.29) is 17.2 Å².